The van der Waals surface area contributed by atoms with Crippen molar-refractivity contribution < 1.29 is 0 Å². The molecule has 0 aromatic carbocycles. The molecular weight excluding hydrogens is 162 g/mol. The van der Waals surface area contributed by atoms with Gasteiger partial charge < -0.3 is 0 Å². The largest absolute Gasteiger partial charge is 0.240 e. The van der Waals surface area contributed by atoms with Crippen molar-refractivity contribution in [3.8, 4) is 6.07 Å². The second kappa shape index (κ2) is 3.31. The van der Waals surface area contributed by atoms with E-state index in [0.717, 1.165) is 0 Å². The summed E-state index contributed by atoms with van der Waals surface area (Å²) in [6.07, 6.45) is 1.65. The van der Waals surface area contributed by atoms with Gasteiger partial charge in [0.05, 0.1) is 28.9 Å². The molecule has 0 aliphatic rings. The molecule has 0 atom stereocenters. The molecule has 0 N–H and O–H groups in total. The standard InChI is InChI=1S/C7H6ClN3/c1-5-7(8)6(2-3-9)11-4-10-5/h4H,2H2,1H3. The van der Waals surface area contributed by atoms with E-state index < -0.39 is 0 Å². The zero-order valence-corrected chi connectivity index (χ0v) is 6.76. The van der Waals surface area contributed by atoms with Gasteiger partial charge in [0.2, 0.25) is 0 Å². The van der Waals surface area contributed by atoms with Crippen molar-refractivity contribution >= 4 is 11.6 Å². The highest BCUT2D eigenvalue weighted by molar-refractivity contribution is 6.31. The second-order valence-corrected chi connectivity index (χ2v) is 2.43. The zero-order chi connectivity index (χ0) is 8.27. The summed E-state index contributed by atoms with van der Waals surface area (Å²) < 4.78 is 0. The molecule has 0 spiro atoms. The van der Waals surface area contributed by atoms with Gasteiger partial charge in [0, 0.05) is 0 Å². The summed E-state index contributed by atoms with van der Waals surface area (Å²) in [5.41, 5.74) is 1.31. The van der Waals surface area contributed by atoms with Gasteiger partial charge in [0.1, 0.15) is 6.33 Å². The van der Waals surface area contributed by atoms with Gasteiger partial charge in [-0.25, -0.2) is 9.97 Å². The third kappa shape index (κ3) is 1.66. The topological polar surface area (TPSA) is 49.6 Å². The van der Waals surface area contributed by atoms with Crippen LogP contribution in [0.4, 0.5) is 0 Å². The number of nitrogens with zero attached hydrogens (tertiary/aromatic N) is 3. The van der Waals surface area contributed by atoms with E-state index in [1.165, 1.54) is 6.33 Å². The fourth-order valence-corrected chi connectivity index (χ4v) is 0.870. The number of hydrogen-bond acceptors (Lipinski definition) is 3. The van der Waals surface area contributed by atoms with Crippen LogP contribution < -0.4 is 0 Å². The normalized spacial score (nSPS) is 9.18. The van der Waals surface area contributed by atoms with Gasteiger partial charge in [0.15, 0.2) is 0 Å². The molecule has 0 saturated heterocycles. The molecule has 1 heterocycles. The molecule has 3 nitrogen and oxygen atoms in total. The Kier molecular flexibility index (Phi) is 2.40. The highest BCUT2D eigenvalue weighted by Gasteiger charge is 2.03. The minimum atomic E-state index is 0.238. The van der Waals surface area contributed by atoms with Crippen LogP contribution in [0.3, 0.4) is 0 Å². The van der Waals surface area contributed by atoms with Gasteiger partial charge in [-0.15, -0.1) is 0 Å². The Morgan fingerprint density at radius 3 is 3.00 bits per heavy atom. The summed E-state index contributed by atoms with van der Waals surface area (Å²) in [4.78, 5) is 7.73. The summed E-state index contributed by atoms with van der Waals surface area (Å²) in [6.45, 7) is 1.78. The average Bonchev–Trinajstić information content (AvgIpc) is 1.99. The molecule has 0 saturated carbocycles. The lowest BCUT2D eigenvalue weighted by Crippen LogP contribution is -1.93. The minimum Gasteiger partial charge on any atom is -0.240 e. The fourth-order valence-electron chi connectivity index (χ4n) is 0.705. The molecule has 0 aliphatic heterocycles. The molecule has 0 aliphatic carbocycles. The average molecular weight is 168 g/mol. The van der Waals surface area contributed by atoms with E-state index in [1.54, 1.807) is 6.92 Å². The van der Waals surface area contributed by atoms with Crippen LogP contribution in [0.2, 0.25) is 5.02 Å². The number of aromatic nitrogens is 2. The molecule has 0 unspecified atom stereocenters. The first-order chi connectivity index (χ1) is 5.25. The second-order valence-electron chi connectivity index (χ2n) is 2.05. The molecule has 56 valence electrons. The van der Waals surface area contributed by atoms with Crippen molar-refractivity contribution in [2.45, 2.75) is 13.3 Å². The maximum absolute atomic E-state index is 8.37. The summed E-state index contributed by atoms with van der Waals surface area (Å²) in [7, 11) is 0. The quantitative estimate of drug-likeness (QED) is 0.637. The summed E-state index contributed by atoms with van der Waals surface area (Å²) in [5.74, 6) is 0. The lowest BCUT2D eigenvalue weighted by atomic mass is 10.3. The van der Waals surface area contributed by atoms with Crippen LogP contribution in [0.25, 0.3) is 0 Å². The summed E-state index contributed by atoms with van der Waals surface area (Å²) in [6, 6.07) is 1.98. The number of hydrogen-bond donors (Lipinski definition) is 0. The number of nitriles is 1. The van der Waals surface area contributed by atoms with Crippen molar-refractivity contribution in [1.29, 1.82) is 5.26 Å². The van der Waals surface area contributed by atoms with E-state index in [0.29, 0.717) is 16.4 Å². The van der Waals surface area contributed by atoms with Crippen LogP contribution in [-0.2, 0) is 6.42 Å². The fraction of sp³-hybridized carbons (Fsp3) is 0.286. The van der Waals surface area contributed by atoms with Crippen LogP contribution >= 0.6 is 11.6 Å². The molecular formula is C7H6ClN3. The smallest absolute Gasteiger partial charge is 0.116 e. The molecule has 0 fully saturated rings. The van der Waals surface area contributed by atoms with Gasteiger partial charge in [-0.2, -0.15) is 5.26 Å². The van der Waals surface area contributed by atoms with Gasteiger partial charge in [-0.05, 0) is 6.92 Å². The van der Waals surface area contributed by atoms with Gasteiger partial charge in [-0.3, -0.25) is 0 Å². The molecule has 0 bridgehead atoms. The molecule has 0 amide bonds. The monoisotopic (exact) mass is 167 g/mol. The van der Waals surface area contributed by atoms with E-state index in [9.17, 15) is 0 Å². The lowest BCUT2D eigenvalue weighted by Gasteiger charge is -1.98. The molecule has 1 aromatic rings. The van der Waals surface area contributed by atoms with Crippen LogP contribution in [0, 0.1) is 18.3 Å². The van der Waals surface area contributed by atoms with Crippen molar-refractivity contribution in [2.75, 3.05) is 0 Å². The Hall–Kier alpha value is -1.14. The first-order valence-corrected chi connectivity index (χ1v) is 3.46. The third-order valence-electron chi connectivity index (χ3n) is 1.28. The van der Waals surface area contributed by atoms with Crippen LogP contribution in [-0.4, -0.2) is 9.97 Å². The molecule has 11 heavy (non-hydrogen) atoms. The van der Waals surface area contributed by atoms with Crippen molar-refractivity contribution in [2.24, 2.45) is 0 Å². The highest BCUT2D eigenvalue weighted by atomic mass is 35.5. The van der Waals surface area contributed by atoms with Crippen molar-refractivity contribution in [3.05, 3.63) is 22.7 Å². The minimum absolute atomic E-state index is 0.238. The van der Waals surface area contributed by atoms with E-state index in [1.807, 2.05) is 6.07 Å². The molecule has 1 rings (SSSR count). The van der Waals surface area contributed by atoms with E-state index in [-0.39, 0.29) is 6.42 Å². The molecule has 4 heteroatoms. The Morgan fingerprint density at radius 1 is 1.64 bits per heavy atom. The predicted octanol–water partition coefficient (Wildman–Crippen LogP) is 1.50. The first-order valence-electron chi connectivity index (χ1n) is 3.08. The third-order valence-corrected chi connectivity index (χ3v) is 1.77. The Morgan fingerprint density at radius 2 is 2.36 bits per heavy atom. The highest BCUT2D eigenvalue weighted by Crippen LogP contribution is 2.15. The van der Waals surface area contributed by atoms with Crippen molar-refractivity contribution in [3.63, 3.8) is 0 Å². The number of halogens is 1. The van der Waals surface area contributed by atoms with Gasteiger partial charge in [0.25, 0.3) is 0 Å². The predicted molar refractivity (Wildman–Crippen MR) is 41.1 cm³/mol. The maximum Gasteiger partial charge on any atom is 0.116 e. The van der Waals surface area contributed by atoms with Crippen LogP contribution in [0.15, 0.2) is 6.33 Å². The van der Waals surface area contributed by atoms with E-state index >= 15 is 0 Å². The summed E-state index contributed by atoms with van der Waals surface area (Å²) >= 11 is 5.80. The summed E-state index contributed by atoms with van der Waals surface area (Å²) in [5, 5.41) is 8.86. The maximum atomic E-state index is 8.37. The Balaban J connectivity index is 3.08. The number of rotatable bonds is 1. The van der Waals surface area contributed by atoms with Gasteiger partial charge in [-0.1, -0.05) is 11.6 Å². The van der Waals surface area contributed by atoms with E-state index in [2.05, 4.69) is 9.97 Å². The lowest BCUT2D eigenvalue weighted by molar-refractivity contribution is 1.02. The number of aryl methyl sites for hydroxylation is 1. The Labute approximate surface area is 69.7 Å². The SMILES string of the molecule is Cc1ncnc(CC#N)c1Cl. The first kappa shape index (κ1) is 7.96. The zero-order valence-electron chi connectivity index (χ0n) is 6.00. The van der Waals surface area contributed by atoms with Crippen molar-refractivity contribution in [1.82, 2.24) is 9.97 Å². The van der Waals surface area contributed by atoms with E-state index in [4.69, 9.17) is 16.9 Å². The van der Waals surface area contributed by atoms with Gasteiger partial charge >= 0.3 is 0 Å². The molecule has 0 radical (unpaired) electrons. The van der Waals surface area contributed by atoms with Crippen LogP contribution in [0.1, 0.15) is 11.4 Å². The van der Waals surface area contributed by atoms with Crippen LogP contribution in [0.5, 0.6) is 0 Å². The molecule has 1 aromatic heterocycles. The Bertz CT molecular complexity index is 303.